The molecule has 0 aliphatic carbocycles. The summed E-state index contributed by atoms with van der Waals surface area (Å²) in [7, 11) is -3.10. The highest BCUT2D eigenvalue weighted by Gasteiger charge is 2.65. The van der Waals surface area contributed by atoms with E-state index in [0.717, 1.165) is 10.8 Å². The van der Waals surface area contributed by atoms with Crippen LogP contribution in [0.15, 0.2) is 26.9 Å². The van der Waals surface area contributed by atoms with Crippen molar-refractivity contribution < 1.29 is 37.1 Å². The molecule has 13 nitrogen and oxygen atoms in total. The lowest BCUT2D eigenvalue weighted by atomic mass is 9.89. The molecule has 30 heavy (non-hydrogen) atoms. The Morgan fingerprint density at radius 3 is 2.77 bits per heavy atom. The first-order valence-corrected chi connectivity index (χ1v) is 10.3. The lowest BCUT2D eigenvalue weighted by molar-refractivity contribution is -0.140. The molecule has 0 bridgehead atoms. The zero-order chi connectivity index (χ0) is 22.3. The minimum absolute atomic E-state index is 0.0631. The number of rotatable bonds is 6. The number of nitrogens with zero attached hydrogens (tertiary/aromatic N) is 1. The van der Waals surface area contributed by atoms with Gasteiger partial charge in [0.05, 0.1) is 31.2 Å². The van der Waals surface area contributed by atoms with Crippen LogP contribution in [0.1, 0.15) is 18.2 Å². The second-order valence-corrected chi connectivity index (χ2v) is 8.16. The highest BCUT2D eigenvalue weighted by molar-refractivity contribution is 7.90. The minimum atomic E-state index is -4.29. The molecule has 1 fully saturated rings. The van der Waals surface area contributed by atoms with Crippen molar-refractivity contribution in [2.45, 2.75) is 37.4 Å². The van der Waals surface area contributed by atoms with Crippen molar-refractivity contribution in [2.24, 2.45) is 0 Å². The summed E-state index contributed by atoms with van der Waals surface area (Å²) < 4.78 is 40.5. The molecule has 3 heterocycles. The van der Waals surface area contributed by atoms with E-state index in [1.807, 2.05) is 0 Å². The van der Waals surface area contributed by atoms with E-state index in [1.54, 1.807) is 0 Å². The van der Waals surface area contributed by atoms with Crippen LogP contribution < -0.4 is 16.6 Å². The van der Waals surface area contributed by atoms with Crippen LogP contribution in [0.25, 0.3) is 0 Å². The zero-order valence-electron chi connectivity index (χ0n) is 16.0. The van der Waals surface area contributed by atoms with Gasteiger partial charge in [-0.05, 0) is 6.92 Å². The van der Waals surface area contributed by atoms with Gasteiger partial charge in [-0.3, -0.25) is 19.1 Å². The quantitative estimate of drug-likeness (QED) is 0.260. The highest BCUT2D eigenvalue weighted by atomic mass is 32.2. The Hall–Kier alpha value is -2.52. The van der Waals surface area contributed by atoms with Crippen LogP contribution in [0.4, 0.5) is 0 Å². The maximum Gasteiger partial charge on any atom is 0.330 e. The van der Waals surface area contributed by atoms with Crippen molar-refractivity contribution in [2.75, 3.05) is 20.3 Å². The SMILES string of the molecule is COC(=O)CCNC1=CS(=O)(=O)O[C@@]12[C@@H](CO)O[C@@H](n1cc(C)c(=O)[nH]c1=O)[C@@H]2O. The lowest BCUT2D eigenvalue weighted by Gasteiger charge is -2.32. The van der Waals surface area contributed by atoms with E-state index < -0.39 is 58.0 Å². The maximum absolute atomic E-state index is 12.2. The van der Waals surface area contributed by atoms with Crippen LogP contribution in [0.2, 0.25) is 0 Å². The number of aliphatic hydroxyl groups is 2. The number of nitrogens with one attached hydrogen (secondary N) is 2. The van der Waals surface area contributed by atoms with Gasteiger partial charge in [0.25, 0.3) is 15.7 Å². The zero-order valence-corrected chi connectivity index (χ0v) is 16.8. The molecule has 2 aliphatic heterocycles. The molecule has 2 aliphatic rings. The van der Waals surface area contributed by atoms with E-state index in [2.05, 4.69) is 15.0 Å². The summed E-state index contributed by atoms with van der Waals surface area (Å²) in [5, 5.41) is 24.2. The summed E-state index contributed by atoms with van der Waals surface area (Å²) in [5.41, 5.74) is -3.67. The first-order chi connectivity index (χ1) is 14.1. The number of aliphatic hydroxyl groups excluding tert-OH is 2. The number of ether oxygens (including phenoxy) is 2. The molecule has 0 unspecified atom stereocenters. The van der Waals surface area contributed by atoms with Crippen LogP contribution in [0, 0.1) is 6.92 Å². The van der Waals surface area contributed by atoms with Gasteiger partial charge in [0.2, 0.25) is 0 Å². The van der Waals surface area contributed by atoms with E-state index in [-0.39, 0.29) is 24.2 Å². The van der Waals surface area contributed by atoms with E-state index in [1.165, 1.54) is 14.0 Å². The molecule has 14 heteroatoms. The molecule has 1 aromatic heterocycles. The first-order valence-electron chi connectivity index (χ1n) is 8.80. The summed E-state index contributed by atoms with van der Waals surface area (Å²) in [5.74, 6) is -0.561. The summed E-state index contributed by atoms with van der Waals surface area (Å²) in [6, 6.07) is 0. The molecule has 4 atom stereocenters. The lowest BCUT2D eigenvalue weighted by Crippen LogP contribution is -2.54. The van der Waals surface area contributed by atoms with Crippen LogP contribution >= 0.6 is 0 Å². The molecule has 0 aromatic carbocycles. The molecule has 1 saturated heterocycles. The van der Waals surface area contributed by atoms with Crippen LogP contribution in [0.5, 0.6) is 0 Å². The van der Waals surface area contributed by atoms with Gasteiger partial charge in [0.15, 0.2) is 11.8 Å². The molecular weight excluding hydrogens is 426 g/mol. The third-order valence-electron chi connectivity index (χ3n) is 4.89. The predicted molar refractivity (Wildman–Crippen MR) is 98.5 cm³/mol. The Morgan fingerprint density at radius 2 is 2.13 bits per heavy atom. The van der Waals surface area contributed by atoms with Gasteiger partial charge >= 0.3 is 11.7 Å². The minimum Gasteiger partial charge on any atom is -0.469 e. The van der Waals surface area contributed by atoms with Crippen molar-refractivity contribution in [3.05, 3.63) is 43.7 Å². The van der Waals surface area contributed by atoms with Gasteiger partial charge in [-0.2, -0.15) is 8.42 Å². The second kappa shape index (κ2) is 7.96. The van der Waals surface area contributed by atoms with Crippen molar-refractivity contribution in [3.63, 3.8) is 0 Å². The van der Waals surface area contributed by atoms with Gasteiger partial charge in [0, 0.05) is 18.3 Å². The Kier molecular flexibility index (Phi) is 5.88. The van der Waals surface area contributed by atoms with Crippen molar-refractivity contribution in [3.8, 4) is 0 Å². The Balaban J connectivity index is 2.01. The average Bonchev–Trinajstić information content (AvgIpc) is 3.11. The van der Waals surface area contributed by atoms with Crippen LogP contribution in [0.3, 0.4) is 0 Å². The summed E-state index contributed by atoms with van der Waals surface area (Å²) >= 11 is 0. The number of hydrogen-bond acceptors (Lipinski definition) is 11. The number of hydrogen-bond donors (Lipinski definition) is 4. The largest absolute Gasteiger partial charge is 0.469 e. The fraction of sp³-hybridized carbons (Fsp3) is 0.562. The number of aromatic amines is 1. The maximum atomic E-state index is 12.2. The normalized spacial score (nSPS) is 29.7. The summed E-state index contributed by atoms with van der Waals surface area (Å²) in [6.07, 6.45) is -3.64. The van der Waals surface area contributed by atoms with E-state index in [4.69, 9.17) is 8.92 Å². The molecule has 1 aromatic rings. The molecule has 3 rings (SSSR count). The monoisotopic (exact) mass is 447 g/mol. The second-order valence-electron chi connectivity index (χ2n) is 6.78. The smallest absolute Gasteiger partial charge is 0.330 e. The van der Waals surface area contributed by atoms with Crippen LogP contribution in [-0.4, -0.2) is 72.2 Å². The Morgan fingerprint density at radius 1 is 1.43 bits per heavy atom. The van der Waals surface area contributed by atoms with E-state index >= 15 is 0 Å². The molecule has 166 valence electrons. The predicted octanol–water partition coefficient (Wildman–Crippen LogP) is -2.81. The number of carbonyl (C=O) groups is 1. The van der Waals surface area contributed by atoms with E-state index in [0.29, 0.717) is 5.41 Å². The molecule has 0 amide bonds. The van der Waals surface area contributed by atoms with Crippen molar-refractivity contribution >= 4 is 16.1 Å². The number of esters is 1. The third-order valence-corrected chi connectivity index (χ3v) is 5.92. The standard InChI is InChI=1S/C16H21N3O10S/c1-8-5-19(15(24)18-13(8)23)14-12(22)16(10(6-20)28-14)9(7-30(25,26)29-16)17-4-3-11(21)27-2/h5,7,10,12,14,17,20,22H,3-4,6H2,1-2H3,(H,18,23,24)/t10-,12+,14-,16-/m1/s1. The topological polar surface area (TPSA) is 186 Å². The first kappa shape index (κ1) is 22.2. The van der Waals surface area contributed by atoms with Gasteiger partial charge in [-0.1, -0.05) is 0 Å². The molecular formula is C16H21N3O10S. The summed E-state index contributed by atoms with van der Waals surface area (Å²) in [4.78, 5) is 37.2. The van der Waals surface area contributed by atoms with Gasteiger partial charge in [-0.25, -0.2) is 8.98 Å². The highest BCUT2D eigenvalue weighted by Crippen LogP contribution is 2.47. The number of H-pyrrole nitrogens is 1. The fourth-order valence-corrected chi connectivity index (χ4v) is 4.72. The van der Waals surface area contributed by atoms with Crippen LogP contribution in [-0.2, 0) is 28.6 Å². The van der Waals surface area contributed by atoms with E-state index in [9.17, 15) is 33.0 Å². The van der Waals surface area contributed by atoms with Crippen molar-refractivity contribution in [1.29, 1.82) is 0 Å². The fourth-order valence-electron chi connectivity index (χ4n) is 3.43. The molecule has 0 radical (unpaired) electrons. The number of aromatic nitrogens is 2. The van der Waals surface area contributed by atoms with Gasteiger partial charge in [-0.15, -0.1) is 0 Å². The average molecular weight is 447 g/mol. The van der Waals surface area contributed by atoms with Crippen molar-refractivity contribution in [1.82, 2.24) is 14.9 Å². The van der Waals surface area contributed by atoms with Gasteiger partial charge < -0.3 is 25.0 Å². The number of methoxy groups -OCH3 is 1. The Labute approximate surface area is 170 Å². The number of aryl methyl sites for hydroxylation is 1. The molecule has 0 saturated carbocycles. The molecule has 4 N–H and O–H groups in total. The number of carbonyl (C=O) groups excluding carboxylic acids is 1. The third kappa shape index (κ3) is 3.67. The van der Waals surface area contributed by atoms with Gasteiger partial charge in [0.1, 0.15) is 12.2 Å². The Bertz CT molecular complexity index is 1090. The summed E-state index contributed by atoms with van der Waals surface area (Å²) in [6.45, 7) is 0.591. The molecule has 1 spiro atoms.